The number of aryl methyl sites for hydroxylation is 1. The molecule has 24 heavy (non-hydrogen) atoms. The minimum atomic E-state index is -1.05. The van der Waals surface area contributed by atoms with Crippen LogP contribution in [0.15, 0.2) is 42.5 Å². The Kier molecular flexibility index (Phi) is 5.52. The first-order valence-corrected chi connectivity index (χ1v) is 7.33. The second-order valence-corrected chi connectivity index (χ2v) is 5.20. The molecule has 0 spiro atoms. The summed E-state index contributed by atoms with van der Waals surface area (Å²) in [5.74, 6) is -1.32. The zero-order valence-corrected chi connectivity index (χ0v) is 13.6. The molecule has 0 radical (unpaired) electrons. The molecule has 0 bridgehead atoms. The Morgan fingerprint density at radius 2 is 1.88 bits per heavy atom. The molecule has 0 aromatic heterocycles. The topological polar surface area (TPSA) is 64.6 Å². The van der Waals surface area contributed by atoms with Gasteiger partial charge in [0.2, 0.25) is 0 Å². The minimum absolute atomic E-state index is 0.0898. The van der Waals surface area contributed by atoms with Gasteiger partial charge in [0.25, 0.3) is 5.91 Å². The summed E-state index contributed by atoms with van der Waals surface area (Å²) in [6.45, 7) is 3.10. The molecular weight excluding hydrogens is 313 g/mol. The highest BCUT2D eigenvalue weighted by Crippen LogP contribution is 2.23. The van der Waals surface area contributed by atoms with Crippen molar-refractivity contribution in [3.63, 3.8) is 0 Å². The van der Waals surface area contributed by atoms with E-state index in [1.165, 1.54) is 26.2 Å². The first kappa shape index (κ1) is 17.5. The van der Waals surface area contributed by atoms with E-state index < -0.39 is 23.8 Å². The summed E-state index contributed by atoms with van der Waals surface area (Å²) in [5, 5.41) is 2.63. The van der Waals surface area contributed by atoms with Gasteiger partial charge in [-0.25, -0.2) is 9.18 Å². The van der Waals surface area contributed by atoms with Gasteiger partial charge in [0.15, 0.2) is 6.10 Å². The molecule has 126 valence electrons. The van der Waals surface area contributed by atoms with Gasteiger partial charge in [0, 0.05) is 0 Å². The van der Waals surface area contributed by atoms with E-state index in [1.54, 1.807) is 31.2 Å². The molecule has 1 atom stereocenters. The highest BCUT2D eigenvalue weighted by Gasteiger charge is 2.21. The first-order valence-electron chi connectivity index (χ1n) is 7.33. The van der Waals surface area contributed by atoms with Crippen LogP contribution >= 0.6 is 0 Å². The molecule has 0 unspecified atom stereocenters. The van der Waals surface area contributed by atoms with E-state index in [4.69, 9.17) is 9.47 Å². The number of hydrogen-bond acceptors (Lipinski definition) is 4. The summed E-state index contributed by atoms with van der Waals surface area (Å²) < 4.78 is 23.5. The Hall–Kier alpha value is -2.89. The zero-order chi connectivity index (χ0) is 17.7. The normalized spacial score (nSPS) is 11.5. The maximum absolute atomic E-state index is 13.3. The van der Waals surface area contributed by atoms with E-state index >= 15 is 0 Å². The lowest BCUT2D eigenvalue weighted by Gasteiger charge is -2.15. The van der Waals surface area contributed by atoms with Gasteiger partial charge in [0.1, 0.15) is 11.6 Å². The quantitative estimate of drug-likeness (QED) is 0.854. The van der Waals surface area contributed by atoms with E-state index in [2.05, 4.69) is 5.32 Å². The van der Waals surface area contributed by atoms with Gasteiger partial charge in [-0.05, 0) is 43.7 Å². The third kappa shape index (κ3) is 4.10. The molecule has 5 nitrogen and oxygen atoms in total. The van der Waals surface area contributed by atoms with Crippen molar-refractivity contribution in [1.82, 2.24) is 0 Å². The van der Waals surface area contributed by atoms with Gasteiger partial charge in [-0.3, -0.25) is 4.79 Å². The third-order valence-corrected chi connectivity index (χ3v) is 3.44. The molecule has 0 saturated heterocycles. The van der Waals surface area contributed by atoms with Crippen LogP contribution in [0.2, 0.25) is 0 Å². The maximum Gasteiger partial charge on any atom is 0.339 e. The van der Waals surface area contributed by atoms with Crippen LogP contribution in [0.25, 0.3) is 0 Å². The van der Waals surface area contributed by atoms with Crippen LogP contribution in [-0.4, -0.2) is 25.1 Å². The summed E-state index contributed by atoms with van der Waals surface area (Å²) in [7, 11) is 1.49. The molecule has 0 fully saturated rings. The lowest BCUT2D eigenvalue weighted by molar-refractivity contribution is -0.123. The highest BCUT2D eigenvalue weighted by atomic mass is 19.1. The van der Waals surface area contributed by atoms with Crippen LogP contribution in [0, 0.1) is 12.7 Å². The van der Waals surface area contributed by atoms with Crippen LogP contribution < -0.4 is 10.1 Å². The van der Waals surface area contributed by atoms with Gasteiger partial charge in [-0.2, -0.15) is 0 Å². The lowest BCUT2D eigenvalue weighted by Crippen LogP contribution is -2.30. The summed E-state index contributed by atoms with van der Waals surface area (Å²) in [6, 6.07) is 10.7. The van der Waals surface area contributed by atoms with Crippen molar-refractivity contribution in [3.8, 4) is 5.75 Å². The number of methoxy groups -OCH3 is 1. The summed E-state index contributed by atoms with van der Waals surface area (Å²) in [6.07, 6.45) is -1.05. The van der Waals surface area contributed by atoms with Crippen LogP contribution in [0.1, 0.15) is 22.8 Å². The number of halogens is 1. The third-order valence-electron chi connectivity index (χ3n) is 3.44. The Bertz CT molecular complexity index is 760. The van der Waals surface area contributed by atoms with E-state index in [0.717, 1.165) is 6.07 Å². The number of benzene rings is 2. The predicted molar refractivity (Wildman–Crippen MR) is 87.6 cm³/mol. The Morgan fingerprint density at radius 3 is 2.58 bits per heavy atom. The monoisotopic (exact) mass is 331 g/mol. The number of rotatable bonds is 5. The van der Waals surface area contributed by atoms with Gasteiger partial charge in [-0.1, -0.05) is 18.2 Å². The largest absolute Gasteiger partial charge is 0.495 e. The zero-order valence-electron chi connectivity index (χ0n) is 13.6. The number of nitrogens with one attached hydrogen (secondary N) is 1. The number of para-hydroxylation sites is 2. The van der Waals surface area contributed by atoms with Crippen LogP contribution in [0.3, 0.4) is 0 Å². The van der Waals surface area contributed by atoms with Gasteiger partial charge >= 0.3 is 5.97 Å². The number of ether oxygens (including phenoxy) is 2. The number of amides is 1. The van der Waals surface area contributed by atoms with Crippen molar-refractivity contribution >= 4 is 17.6 Å². The molecule has 0 saturated carbocycles. The lowest BCUT2D eigenvalue weighted by atomic mass is 10.1. The van der Waals surface area contributed by atoms with E-state index in [-0.39, 0.29) is 5.56 Å². The second kappa shape index (κ2) is 7.59. The first-order chi connectivity index (χ1) is 11.4. The van der Waals surface area contributed by atoms with E-state index in [1.807, 2.05) is 0 Å². The fourth-order valence-electron chi connectivity index (χ4n) is 2.07. The van der Waals surface area contributed by atoms with Gasteiger partial charge < -0.3 is 14.8 Å². The predicted octanol–water partition coefficient (Wildman–Crippen LogP) is 3.33. The Labute approximate surface area is 139 Å². The van der Waals surface area contributed by atoms with Crippen molar-refractivity contribution in [1.29, 1.82) is 0 Å². The summed E-state index contributed by atoms with van der Waals surface area (Å²) >= 11 is 0. The molecule has 0 aliphatic rings. The highest BCUT2D eigenvalue weighted by molar-refractivity contribution is 5.98. The molecule has 1 amide bonds. The molecule has 6 heteroatoms. The average Bonchev–Trinajstić information content (AvgIpc) is 2.57. The maximum atomic E-state index is 13.3. The van der Waals surface area contributed by atoms with Crippen molar-refractivity contribution in [2.45, 2.75) is 20.0 Å². The van der Waals surface area contributed by atoms with Crippen molar-refractivity contribution in [2.75, 3.05) is 12.4 Å². The Balaban J connectivity index is 2.06. The molecule has 1 N–H and O–H groups in total. The SMILES string of the molecule is COc1ccccc1NC(=O)[C@@H](C)OC(=O)c1cc(F)ccc1C. The van der Waals surface area contributed by atoms with Crippen LogP contribution in [-0.2, 0) is 9.53 Å². The molecule has 2 aromatic carbocycles. The number of esters is 1. The van der Waals surface area contributed by atoms with Crippen molar-refractivity contribution < 1.29 is 23.5 Å². The van der Waals surface area contributed by atoms with Crippen LogP contribution in [0.5, 0.6) is 5.75 Å². The average molecular weight is 331 g/mol. The van der Waals surface area contributed by atoms with E-state index in [9.17, 15) is 14.0 Å². The van der Waals surface area contributed by atoms with Crippen molar-refractivity contribution in [3.05, 3.63) is 59.4 Å². The molecule has 2 aromatic rings. The molecule has 0 aliphatic carbocycles. The molecule has 0 heterocycles. The summed E-state index contributed by atoms with van der Waals surface area (Å²) in [4.78, 5) is 24.3. The van der Waals surface area contributed by atoms with Crippen molar-refractivity contribution in [2.24, 2.45) is 0 Å². The molecule has 0 aliphatic heterocycles. The standard InChI is InChI=1S/C18H18FNO4/c1-11-8-9-13(19)10-14(11)18(22)24-12(2)17(21)20-15-6-4-5-7-16(15)23-3/h4-10,12H,1-3H3,(H,20,21)/t12-/m1/s1. The Morgan fingerprint density at radius 1 is 1.17 bits per heavy atom. The number of anilines is 1. The fourth-order valence-corrected chi connectivity index (χ4v) is 2.07. The minimum Gasteiger partial charge on any atom is -0.495 e. The number of hydrogen-bond donors (Lipinski definition) is 1. The second-order valence-electron chi connectivity index (χ2n) is 5.20. The van der Waals surface area contributed by atoms with Gasteiger partial charge in [-0.15, -0.1) is 0 Å². The smallest absolute Gasteiger partial charge is 0.339 e. The van der Waals surface area contributed by atoms with E-state index in [0.29, 0.717) is 17.0 Å². The van der Waals surface area contributed by atoms with Gasteiger partial charge in [0.05, 0.1) is 18.4 Å². The fraction of sp³-hybridized carbons (Fsp3) is 0.222. The van der Waals surface area contributed by atoms with Crippen LogP contribution in [0.4, 0.5) is 10.1 Å². The summed E-state index contributed by atoms with van der Waals surface area (Å²) in [5.41, 5.74) is 1.13. The number of carbonyl (C=O) groups excluding carboxylic acids is 2. The molecule has 2 rings (SSSR count). The number of carbonyl (C=O) groups is 2. The molecular formula is C18H18FNO4.